The fourth-order valence-corrected chi connectivity index (χ4v) is 10.0. The largest absolute Gasteiger partial charge is 0.416 e. The number of rotatable bonds is 6. The van der Waals surface area contributed by atoms with Crippen LogP contribution in [0.15, 0.2) is 12.2 Å². The van der Waals surface area contributed by atoms with Gasteiger partial charge in [-0.25, -0.2) is 0 Å². The zero-order chi connectivity index (χ0) is 15.1. The summed E-state index contributed by atoms with van der Waals surface area (Å²) >= 11 is 0. The molecule has 0 aliphatic carbocycles. The molecule has 0 N–H and O–H groups in total. The second-order valence-electron chi connectivity index (χ2n) is 7.76. The van der Waals surface area contributed by atoms with Gasteiger partial charge in [0.1, 0.15) is 0 Å². The Morgan fingerprint density at radius 3 is 2.05 bits per heavy atom. The van der Waals surface area contributed by atoms with Gasteiger partial charge in [-0.2, -0.15) is 0 Å². The molecule has 0 aromatic heterocycles. The number of fused-ring (bicyclic) bond motifs is 2. The normalized spacial score (nSPS) is 33.1. The van der Waals surface area contributed by atoms with Crippen LogP contribution in [-0.2, 0) is 9.16 Å². The van der Waals surface area contributed by atoms with Crippen LogP contribution >= 0.6 is 0 Å². The van der Waals surface area contributed by atoms with Crippen molar-refractivity contribution < 1.29 is 9.16 Å². The van der Waals surface area contributed by atoms with Crippen molar-refractivity contribution in [3.8, 4) is 0 Å². The van der Waals surface area contributed by atoms with Gasteiger partial charge in [-0.15, -0.1) is 0 Å². The minimum Gasteiger partial charge on any atom is -0.416 e. The van der Waals surface area contributed by atoms with Crippen molar-refractivity contribution in [1.29, 1.82) is 0 Å². The summed E-state index contributed by atoms with van der Waals surface area (Å²) in [6.45, 7) is 17.2. The van der Waals surface area contributed by atoms with Crippen LogP contribution in [0.4, 0.5) is 0 Å². The van der Waals surface area contributed by atoms with E-state index in [1.807, 2.05) is 0 Å². The molecule has 3 heteroatoms. The van der Waals surface area contributed by atoms with Crippen LogP contribution in [0.2, 0.25) is 16.6 Å². The van der Waals surface area contributed by atoms with Crippen LogP contribution in [0.1, 0.15) is 54.9 Å². The van der Waals surface area contributed by atoms with E-state index < -0.39 is 8.32 Å². The maximum atomic E-state index is 6.74. The Morgan fingerprint density at radius 1 is 1.15 bits per heavy atom. The minimum absolute atomic E-state index is 0.0737. The van der Waals surface area contributed by atoms with Crippen molar-refractivity contribution in [3.63, 3.8) is 0 Å². The van der Waals surface area contributed by atoms with Gasteiger partial charge in [-0.3, -0.25) is 0 Å². The second-order valence-corrected chi connectivity index (χ2v) is 13.2. The molecule has 0 saturated carbocycles. The van der Waals surface area contributed by atoms with Gasteiger partial charge < -0.3 is 9.16 Å². The van der Waals surface area contributed by atoms with E-state index in [1.165, 1.54) is 0 Å². The van der Waals surface area contributed by atoms with Crippen LogP contribution in [0.5, 0.6) is 0 Å². The van der Waals surface area contributed by atoms with Crippen molar-refractivity contribution in [3.05, 3.63) is 12.2 Å². The minimum atomic E-state index is -1.74. The molecule has 1 fully saturated rings. The van der Waals surface area contributed by atoms with Crippen molar-refractivity contribution in [1.82, 2.24) is 0 Å². The summed E-state index contributed by atoms with van der Waals surface area (Å²) in [5.74, 6) is 0.528. The van der Waals surface area contributed by atoms with Crippen LogP contribution in [0.25, 0.3) is 0 Å². The van der Waals surface area contributed by atoms with Crippen LogP contribution in [0.3, 0.4) is 0 Å². The molecule has 2 rings (SSSR count). The monoisotopic (exact) mass is 296 g/mol. The summed E-state index contributed by atoms with van der Waals surface area (Å²) in [6.07, 6.45) is 5.93. The quantitative estimate of drug-likeness (QED) is 0.512. The summed E-state index contributed by atoms with van der Waals surface area (Å²) in [5, 5.41) is 0. The molecular weight excluding hydrogens is 264 g/mol. The summed E-state index contributed by atoms with van der Waals surface area (Å²) in [5.41, 5.74) is 1.90. The molecule has 2 aliphatic heterocycles. The lowest BCUT2D eigenvalue weighted by Gasteiger charge is -2.43. The molecule has 0 unspecified atom stereocenters. The van der Waals surface area contributed by atoms with E-state index in [0.717, 1.165) is 13.0 Å². The lowest BCUT2D eigenvalue weighted by atomic mass is 9.85. The molecule has 2 heterocycles. The number of hydrogen-bond acceptors (Lipinski definition) is 2. The van der Waals surface area contributed by atoms with E-state index in [-0.39, 0.29) is 5.60 Å². The first kappa shape index (κ1) is 16.3. The summed E-state index contributed by atoms with van der Waals surface area (Å²) in [4.78, 5) is 0. The number of hydrogen-bond donors (Lipinski definition) is 0. The van der Waals surface area contributed by atoms with Gasteiger partial charge in [0.15, 0.2) is 8.32 Å². The fraction of sp³-hybridized carbons (Fsp3) is 0.882. The molecule has 2 bridgehead atoms. The van der Waals surface area contributed by atoms with E-state index in [4.69, 9.17) is 9.16 Å². The average Bonchev–Trinajstić information content (AvgIpc) is 2.83. The van der Waals surface area contributed by atoms with Gasteiger partial charge >= 0.3 is 0 Å². The van der Waals surface area contributed by atoms with Gasteiger partial charge in [-0.05, 0) is 30.0 Å². The van der Waals surface area contributed by atoms with Gasteiger partial charge in [-0.1, -0.05) is 53.7 Å². The maximum Gasteiger partial charge on any atom is 0.200 e. The molecule has 0 amide bonds. The molecule has 1 saturated heterocycles. The summed E-state index contributed by atoms with van der Waals surface area (Å²) < 4.78 is 12.8. The highest BCUT2D eigenvalue weighted by molar-refractivity contribution is 6.77. The molecule has 0 aromatic rings. The Kier molecular flexibility index (Phi) is 4.54. The second kappa shape index (κ2) is 5.58. The summed E-state index contributed by atoms with van der Waals surface area (Å²) in [6, 6.07) is 0. The fourth-order valence-electron chi connectivity index (χ4n) is 4.55. The van der Waals surface area contributed by atoms with E-state index in [1.54, 1.807) is 0 Å². The van der Waals surface area contributed by atoms with Crippen LogP contribution in [0, 0.1) is 5.92 Å². The van der Waals surface area contributed by atoms with E-state index in [0.29, 0.717) is 28.6 Å². The average molecular weight is 297 g/mol. The van der Waals surface area contributed by atoms with Crippen LogP contribution in [-0.4, -0.2) is 26.6 Å². The van der Waals surface area contributed by atoms with Crippen molar-refractivity contribution >= 4 is 8.32 Å². The Bertz CT molecular complexity index is 353. The standard InChI is InChI=1S/C17H32O2Si/c1-12(2)20(13(3)4,14(5)6)18-11-15-10-16-8-9-17(15,7)19-16/h8-9,12-16H,10-11H2,1-7H3/t15-,16+,17-/m0/s1. The lowest BCUT2D eigenvalue weighted by molar-refractivity contribution is 0.0159. The Morgan fingerprint density at radius 2 is 1.70 bits per heavy atom. The highest BCUT2D eigenvalue weighted by atomic mass is 28.4. The highest BCUT2D eigenvalue weighted by Gasteiger charge is 2.50. The smallest absolute Gasteiger partial charge is 0.200 e. The summed E-state index contributed by atoms with van der Waals surface area (Å²) in [7, 11) is -1.74. The zero-order valence-electron chi connectivity index (χ0n) is 14.3. The first-order chi connectivity index (χ1) is 9.22. The third-order valence-electron chi connectivity index (χ3n) is 5.62. The SMILES string of the molecule is CC(C)[Si](OC[C@@H]1C[C@H]2C=C[C@]1(C)O2)(C(C)C)C(C)C. The Labute approximate surface area is 126 Å². The van der Waals surface area contributed by atoms with E-state index in [9.17, 15) is 0 Å². The third-order valence-corrected chi connectivity index (χ3v) is 11.7. The third kappa shape index (κ3) is 2.53. The molecule has 3 atom stereocenters. The highest BCUT2D eigenvalue weighted by Crippen LogP contribution is 2.46. The molecule has 0 aromatic carbocycles. The van der Waals surface area contributed by atoms with Crippen LogP contribution < -0.4 is 0 Å². The van der Waals surface area contributed by atoms with E-state index >= 15 is 0 Å². The van der Waals surface area contributed by atoms with Gasteiger partial charge in [0, 0.05) is 12.5 Å². The molecule has 0 spiro atoms. The first-order valence-electron chi connectivity index (χ1n) is 8.23. The zero-order valence-corrected chi connectivity index (χ0v) is 15.3. The molecular formula is C17H32O2Si. The van der Waals surface area contributed by atoms with Gasteiger partial charge in [0.05, 0.1) is 11.7 Å². The molecule has 0 radical (unpaired) electrons. The van der Waals surface area contributed by atoms with Gasteiger partial charge in [0.2, 0.25) is 0 Å². The van der Waals surface area contributed by atoms with Crippen molar-refractivity contribution in [2.45, 2.75) is 83.2 Å². The Hall–Kier alpha value is -0.123. The predicted octanol–water partition coefficient (Wildman–Crippen LogP) is 4.91. The van der Waals surface area contributed by atoms with Crippen molar-refractivity contribution in [2.24, 2.45) is 5.92 Å². The maximum absolute atomic E-state index is 6.74. The molecule has 116 valence electrons. The molecule has 2 nitrogen and oxygen atoms in total. The van der Waals surface area contributed by atoms with E-state index in [2.05, 4.69) is 60.6 Å². The van der Waals surface area contributed by atoms with Gasteiger partial charge in [0.25, 0.3) is 0 Å². The Balaban J connectivity index is 2.08. The predicted molar refractivity (Wildman–Crippen MR) is 87.5 cm³/mol. The number of ether oxygens (including phenoxy) is 1. The molecule has 2 aliphatic rings. The topological polar surface area (TPSA) is 18.5 Å². The lowest BCUT2D eigenvalue weighted by Crippen LogP contribution is -2.49. The molecule has 20 heavy (non-hydrogen) atoms. The first-order valence-corrected chi connectivity index (χ1v) is 10.4. The van der Waals surface area contributed by atoms with Crippen molar-refractivity contribution in [2.75, 3.05) is 6.61 Å².